The molecule has 1 aliphatic rings. The SMILES string of the molecule is COc1ccc(/C(O)=C2/C(=O)C(=O)N(c3ccc(C#N)cc3)C2c2ccc(F)cc2)cc1C(C)(C)C. The Labute approximate surface area is 208 Å². The summed E-state index contributed by atoms with van der Waals surface area (Å²) in [6.07, 6.45) is 0. The van der Waals surface area contributed by atoms with Gasteiger partial charge in [-0.15, -0.1) is 0 Å². The smallest absolute Gasteiger partial charge is 0.300 e. The van der Waals surface area contributed by atoms with Crippen LogP contribution in [0.1, 0.15) is 49.1 Å². The molecule has 0 radical (unpaired) electrons. The molecule has 0 spiro atoms. The summed E-state index contributed by atoms with van der Waals surface area (Å²) < 4.78 is 19.2. The maximum Gasteiger partial charge on any atom is 0.300 e. The van der Waals surface area contributed by atoms with Gasteiger partial charge in [0.05, 0.1) is 30.4 Å². The van der Waals surface area contributed by atoms with Crippen LogP contribution in [0.15, 0.2) is 72.3 Å². The van der Waals surface area contributed by atoms with E-state index in [0.29, 0.717) is 28.1 Å². The highest BCUT2D eigenvalue weighted by atomic mass is 19.1. The summed E-state index contributed by atoms with van der Waals surface area (Å²) in [5.41, 5.74) is 1.94. The Hall–Kier alpha value is -4.44. The zero-order valence-corrected chi connectivity index (χ0v) is 20.4. The first-order chi connectivity index (χ1) is 17.1. The number of benzene rings is 3. The second-order valence-electron chi connectivity index (χ2n) is 9.54. The Morgan fingerprint density at radius 1 is 1.03 bits per heavy atom. The average Bonchev–Trinajstić information content (AvgIpc) is 3.13. The van der Waals surface area contributed by atoms with Crippen LogP contribution in [-0.4, -0.2) is 23.9 Å². The Balaban J connectivity index is 1.95. The maximum absolute atomic E-state index is 13.7. The zero-order valence-electron chi connectivity index (χ0n) is 20.4. The van der Waals surface area contributed by atoms with E-state index >= 15 is 0 Å². The van der Waals surface area contributed by atoms with Crippen LogP contribution in [-0.2, 0) is 15.0 Å². The second kappa shape index (κ2) is 9.31. The number of aliphatic hydroxyl groups excluding tert-OH is 1. The van der Waals surface area contributed by atoms with E-state index in [-0.39, 0.29) is 16.7 Å². The van der Waals surface area contributed by atoms with Gasteiger partial charge in [0.15, 0.2) is 0 Å². The molecule has 4 rings (SSSR count). The number of ether oxygens (including phenoxy) is 1. The number of carbonyl (C=O) groups excluding carboxylic acids is 2. The molecule has 1 atom stereocenters. The van der Waals surface area contributed by atoms with Crippen molar-refractivity contribution in [2.75, 3.05) is 12.0 Å². The van der Waals surface area contributed by atoms with Crippen molar-refractivity contribution < 1.29 is 23.8 Å². The predicted octanol–water partition coefficient (Wildman–Crippen LogP) is 5.63. The number of hydrogen-bond acceptors (Lipinski definition) is 5. The molecule has 1 saturated heterocycles. The summed E-state index contributed by atoms with van der Waals surface area (Å²) in [6, 6.07) is 17.7. The van der Waals surface area contributed by atoms with Gasteiger partial charge in [-0.25, -0.2) is 4.39 Å². The van der Waals surface area contributed by atoms with E-state index in [1.165, 1.54) is 41.3 Å². The minimum atomic E-state index is -1.00. The van der Waals surface area contributed by atoms with E-state index in [4.69, 9.17) is 10.00 Å². The lowest BCUT2D eigenvalue weighted by atomic mass is 9.84. The number of ketones is 1. The fourth-order valence-corrected chi connectivity index (χ4v) is 4.35. The highest BCUT2D eigenvalue weighted by Gasteiger charge is 2.47. The molecule has 0 saturated carbocycles. The first kappa shape index (κ1) is 24.7. The third kappa shape index (κ3) is 4.34. The van der Waals surface area contributed by atoms with Gasteiger partial charge in [-0.2, -0.15) is 5.26 Å². The lowest BCUT2D eigenvalue weighted by Gasteiger charge is -2.26. The van der Waals surface area contributed by atoms with Crippen molar-refractivity contribution in [3.05, 3.63) is 100 Å². The van der Waals surface area contributed by atoms with E-state index < -0.39 is 23.5 Å². The first-order valence-electron chi connectivity index (χ1n) is 11.3. The molecule has 1 unspecified atom stereocenters. The summed E-state index contributed by atoms with van der Waals surface area (Å²) in [4.78, 5) is 27.8. The molecular weight excluding hydrogens is 459 g/mol. The summed E-state index contributed by atoms with van der Waals surface area (Å²) in [6.45, 7) is 5.99. The fraction of sp³-hybridized carbons (Fsp3) is 0.207. The lowest BCUT2D eigenvalue weighted by Crippen LogP contribution is -2.29. The molecule has 1 fully saturated rings. The third-order valence-corrected chi connectivity index (χ3v) is 6.19. The fourth-order valence-electron chi connectivity index (χ4n) is 4.35. The summed E-state index contributed by atoms with van der Waals surface area (Å²) >= 11 is 0. The Bertz CT molecular complexity index is 1410. The normalized spacial score (nSPS) is 17.2. The number of Topliss-reactive ketones (excluding diaryl/α,β-unsaturated/α-hetero) is 1. The minimum absolute atomic E-state index is 0.110. The molecule has 1 N–H and O–H groups in total. The van der Waals surface area contributed by atoms with Crippen LogP contribution in [0.4, 0.5) is 10.1 Å². The molecule has 36 heavy (non-hydrogen) atoms. The van der Waals surface area contributed by atoms with Gasteiger partial charge in [0.25, 0.3) is 11.7 Å². The molecule has 6 nitrogen and oxygen atoms in total. The number of halogens is 1. The van der Waals surface area contributed by atoms with E-state index in [1.54, 1.807) is 37.4 Å². The number of hydrogen-bond donors (Lipinski definition) is 1. The molecule has 0 aromatic heterocycles. The van der Waals surface area contributed by atoms with Gasteiger partial charge in [-0.05, 0) is 65.6 Å². The molecule has 7 heteroatoms. The largest absolute Gasteiger partial charge is 0.507 e. The number of nitriles is 1. The van der Waals surface area contributed by atoms with Crippen LogP contribution < -0.4 is 9.64 Å². The number of nitrogens with zero attached hydrogens (tertiary/aromatic N) is 2. The van der Waals surface area contributed by atoms with Crippen molar-refractivity contribution in [3.63, 3.8) is 0 Å². The molecule has 3 aromatic rings. The van der Waals surface area contributed by atoms with Gasteiger partial charge in [0.1, 0.15) is 17.3 Å². The van der Waals surface area contributed by atoms with Crippen molar-refractivity contribution in [1.82, 2.24) is 0 Å². The Morgan fingerprint density at radius 3 is 2.22 bits per heavy atom. The van der Waals surface area contributed by atoms with Gasteiger partial charge in [-0.3, -0.25) is 14.5 Å². The molecule has 3 aromatic carbocycles. The maximum atomic E-state index is 13.7. The van der Waals surface area contributed by atoms with Gasteiger partial charge >= 0.3 is 0 Å². The number of methoxy groups -OCH3 is 1. The van der Waals surface area contributed by atoms with Crippen LogP contribution in [0.25, 0.3) is 5.76 Å². The molecule has 1 aliphatic heterocycles. The summed E-state index contributed by atoms with van der Waals surface area (Å²) in [5, 5.41) is 20.5. The van der Waals surface area contributed by atoms with Crippen molar-refractivity contribution in [2.45, 2.75) is 32.2 Å². The van der Waals surface area contributed by atoms with Gasteiger partial charge in [0, 0.05) is 16.8 Å². The van der Waals surface area contributed by atoms with E-state index in [9.17, 15) is 19.1 Å². The summed E-state index contributed by atoms with van der Waals surface area (Å²) in [7, 11) is 1.56. The van der Waals surface area contributed by atoms with Crippen LogP contribution in [0, 0.1) is 17.1 Å². The Kier molecular flexibility index (Phi) is 6.38. The van der Waals surface area contributed by atoms with E-state index in [0.717, 1.165) is 5.56 Å². The van der Waals surface area contributed by atoms with Crippen LogP contribution in [0.2, 0.25) is 0 Å². The highest BCUT2D eigenvalue weighted by molar-refractivity contribution is 6.51. The molecular formula is C29H25FN2O4. The number of carbonyl (C=O) groups is 2. The van der Waals surface area contributed by atoms with Gasteiger partial charge in [-0.1, -0.05) is 32.9 Å². The quantitative estimate of drug-likeness (QED) is 0.294. The number of amides is 1. The molecule has 0 bridgehead atoms. The van der Waals surface area contributed by atoms with Crippen LogP contribution in [0.5, 0.6) is 5.75 Å². The van der Waals surface area contributed by atoms with Crippen LogP contribution >= 0.6 is 0 Å². The van der Waals surface area contributed by atoms with Gasteiger partial charge in [0.2, 0.25) is 0 Å². The topological polar surface area (TPSA) is 90.6 Å². The molecule has 1 heterocycles. The zero-order chi connectivity index (χ0) is 26.2. The molecule has 1 amide bonds. The molecule has 0 aliphatic carbocycles. The van der Waals surface area contributed by atoms with Crippen LogP contribution in [0.3, 0.4) is 0 Å². The number of aliphatic hydroxyl groups is 1. The van der Waals surface area contributed by atoms with Crippen molar-refractivity contribution in [2.24, 2.45) is 0 Å². The number of anilines is 1. The summed E-state index contributed by atoms with van der Waals surface area (Å²) in [5.74, 6) is -1.88. The van der Waals surface area contributed by atoms with Crippen molar-refractivity contribution in [1.29, 1.82) is 5.26 Å². The minimum Gasteiger partial charge on any atom is -0.507 e. The lowest BCUT2D eigenvalue weighted by molar-refractivity contribution is -0.132. The second-order valence-corrected chi connectivity index (χ2v) is 9.54. The average molecular weight is 485 g/mol. The van der Waals surface area contributed by atoms with E-state index in [2.05, 4.69) is 0 Å². The number of rotatable bonds is 4. The van der Waals surface area contributed by atoms with Crippen molar-refractivity contribution >= 4 is 23.1 Å². The highest BCUT2D eigenvalue weighted by Crippen LogP contribution is 2.43. The van der Waals surface area contributed by atoms with Gasteiger partial charge < -0.3 is 9.84 Å². The third-order valence-electron chi connectivity index (χ3n) is 6.19. The monoisotopic (exact) mass is 484 g/mol. The van der Waals surface area contributed by atoms with Crippen molar-refractivity contribution in [3.8, 4) is 11.8 Å². The van der Waals surface area contributed by atoms with E-state index in [1.807, 2.05) is 26.8 Å². The Morgan fingerprint density at radius 2 is 1.67 bits per heavy atom. The predicted molar refractivity (Wildman–Crippen MR) is 134 cm³/mol. The molecule has 182 valence electrons. The first-order valence-corrected chi connectivity index (χ1v) is 11.3. The standard InChI is InChI=1S/C29H25FN2O4/c1-29(2,3)22-15-19(9-14-23(22)36-4)26(33)24-25(18-7-10-20(30)11-8-18)32(28(35)27(24)34)21-12-5-17(16-31)6-13-21/h5-15,25,33H,1-4H3/b26-24-.